The third-order valence-corrected chi connectivity index (χ3v) is 8.18. The van der Waals surface area contributed by atoms with Crippen LogP contribution in [0.2, 0.25) is 0 Å². The van der Waals surface area contributed by atoms with E-state index in [1.807, 2.05) is 12.1 Å². The fourth-order valence-electron chi connectivity index (χ4n) is 5.27. The van der Waals surface area contributed by atoms with E-state index in [4.69, 9.17) is 0 Å². The molecule has 5 rings (SSSR count). The van der Waals surface area contributed by atoms with Crippen molar-refractivity contribution in [1.82, 2.24) is 4.98 Å². The molecule has 0 saturated heterocycles. The number of pyridine rings is 1. The standard InChI is InChI=1S/C32H27F2NO4S/c1-40(38,39)29-5-2-4-22(17-29)30-6-3-11-35-32(30)24(12-20-13-25(33)18-26(34)14-20)16-28(37)15-23-8-7-21-9-10-27(36)19-31(21)23/h2-6,8-11,13-14,17-19,24,36H,7,12,15-16H2,1H3/t24-/m1/s1. The van der Waals surface area contributed by atoms with Gasteiger partial charge in [-0.05, 0) is 83.1 Å². The van der Waals surface area contributed by atoms with E-state index in [-0.39, 0.29) is 35.7 Å². The number of benzene rings is 3. The van der Waals surface area contributed by atoms with Crippen LogP contribution in [-0.4, -0.2) is 30.5 Å². The monoisotopic (exact) mass is 559 g/mol. The topological polar surface area (TPSA) is 84.3 Å². The molecule has 0 amide bonds. The Morgan fingerprint density at radius 1 is 0.975 bits per heavy atom. The van der Waals surface area contributed by atoms with Gasteiger partial charge in [0.2, 0.25) is 0 Å². The molecule has 1 heterocycles. The maximum atomic E-state index is 14.1. The average molecular weight is 560 g/mol. The van der Waals surface area contributed by atoms with Crippen molar-refractivity contribution in [2.24, 2.45) is 0 Å². The van der Waals surface area contributed by atoms with Gasteiger partial charge in [-0.25, -0.2) is 17.2 Å². The molecule has 1 atom stereocenters. The summed E-state index contributed by atoms with van der Waals surface area (Å²) in [4.78, 5) is 18.2. The maximum absolute atomic E-state index is 14.1. The first-order valence-corrected chi connectivity index (χ1v) is 14.7. The zero-order valence-corrected chi connectivity index (χ0v) is 22.6. The number of carbonyl (C=O) groups excluding carboxylic acids is 1. The van der Waals surface area contributed by atoms with E-state index in [0.717, 1.165) is 29.0 Å². The van der Waals surface area contributed by atoms with E-state index in [1.165, 1.54) is 18.2 Å². The molecule has 1 aliphatic carbocycles. The van der Waals surface area contributed by atoms with E-state index in [9.17, 15) is 27.1 Å². The number of hydrogen-bond acceptors (Lipinski definition) is 5. The highest BCUT2D eigenvalue weighted by Gasteiger charge is 2.25. The van der Waals surface area contributed by atoms with Gasteiger partial charge < -0.3 is 5.11 Å². The predicted molar refractivity (Wildman–Crippen MR) is 150 cm³/mol. The smallest absolute Gasteiger partial charge is 0.175 e. The lowest BCUT2D eigenvalue weighted by atomic mass is 9.85. The zero-order chi connectivity index (χ0) is 28.4. The summed E-state index contributed by atoms with van der Waals surface area (Å²) < 4.78 is 52.6. The Morgan fingerprint density at radius 3 is 2.50 bits per heavy atom. The minimum atomic E-state index is -3.47. The number of fused-ring (bicyclic) bond motifs is 1. The highest BCUT2D eigenvalue weighted by molar-refractivity contribution is 7.90. The fourth-order valence-corrected chi connectivity index (χ4v) is 5.94. The lowest BCUT2D eigenvalue weighted by Gasteiger charge is -2.20. The van der Waals surface area contributed by atoms with Gasteiger partial charge in [0.05, 0.1) is 10.6 Å². The SMILES string of the molecule is CS(=O)(=O)c1cccc(-c2cccnc2[C@@H](CC(=O)CC2=CCc3ccc(O)cc32)Cc2cc(F)cc(F)c2)c1. The van der Waals surface area contributed by atoms with Gasteiger partial charge in [-0.3, -0.25) is 9.78 Å². The van der Waals surface area contributed by atoms with Crippen LogP contribution in [-0.2, 0) is 27.5 Å². The van der Waals surface area contributed by atoms with Crippen molar-refractivity contribution < 1.29 is 27.1 Å². The van der Waals surface area contributed by atoms with Crippen LogP contribution in [0.15, 0.2) is 90.0 Å². The van der Waals surface area contributed by atoms with Crippen LogP contribution >= 0.6 is 0 Å². The van der Waals surface area contributed by atoms with Crippen molar-refractivity contribution in [1.29, 1.82) is 0 Å². The Morgan fingerprint density at radius 2 is 1.75 bits per heavy atom. The van der Waals surface area contributed by atoms with E-state index in [0.29, 0.717) is 28.8 Å². The summed E-state index contributed by atoms with van der Waals surface area (Å²) in [6, 6.07) is 18.4. The number of sulfone groups is 1. The molecule has 204 valence electrons. The molecule has 0 unspecified atom stereocenters. The molecule has 0 radical (unpaired) electrons. The number of allylic oxidation sites excluding steroid dienone is 2. The van der Waals surface area contributed by atoms with Crippen molar-refractivity contribution in [2.75, 3.05) is 6.26 Å². The van der Waals surface area contributed by atoms with Crippen LogP contribution in [0.4, 0.5) is 8.78 Å². The van der Waals surface area contributed by atoms with E-state index in [1.54, 1.807) is 48.7 Å². The van der Waals surface area contributed by atoms with Crippen LogP contribution in [0.1, 0.15) is 41.1 Å². The van der Waals surface area contributed by atoms with Gasteiger partial charge in [-0.1, -0.05) is 30.3 Å². The number of rotatable bonds is 9. The number of aromatic hydroxyl groups is 1. The van der Waals surface area contributed by atoms with Crippen molar-refractivity contribution in [3.05, 3.63) is 119 Å². The second kappa shape index (κ2) is 11.1. The van der Waals surface area contributed by atoms with Crippen molar-refractivity contribution >= 4 is 21.2 Å². The molecule has 0 bridgehead atoms. The molecule has 0 saturated carbocycles. The van der Waals surface area contributed by atoms with Crippen LogP contribution in [0, 0.1) is 11.6 Å². The van der Waals surface area contributed by atoms with E-state index in [2.05, 4.69) is 4.98 Å². The third kappa shape index (κ3) is 6.18. The summed E-state index contributed by atoms with van der Waals surface area (Å²) in [5, 5.41) is 9.94. The number of ketones is 1. The molecule has 0 aliphatic heterocycles. The molecular weight excluding hydrogens is 532 g/mol. The molecule has 40 heavy (non-hydrogen) atoms. The first kappa shape index (κ1) is 27.4. The summed E-state index contributed by atoms with van der Waals surface area (Å²) >= 11 is 0. The number of phenols is 1. The molecule has 0 spiro atoms. The van der Waals surface area contributed by atoms with Crippen LogP contribution in [0.3, 0.4) is 0 Å². The number of phenolic OH excluding ortho intramolecular Hbond substituents is 1. The highest BCUT2D eigenvalue weighted by Crippen LogP contribution is 2.36. The highest BCUT2D eigenvalue weighted by atomic mass is 32.2. The first-order valence-electron chi connectivity index (χ1n) is 12.8. The number of carbonyl (C=O) groups is 1. The molecule has 5 nitrogen and oxygen atoms in total. The summed E-state index contributed by atoms with van der Waals surface area (Å²) in [6.07, 6.45) is 5.68. The van der Waals surface area contributed by atoms with E-state index < -0.39 is 27.4 Å². The average Bonchev–Trinajstić information content (AvgIpc) is 3.28. The van der Waals surface area contributed by atoms with Gasteiger partial charge >= 0.3 is 0 Å². The van der Waals surface area contributed by atoms with Crippen molar-refractivity contribution in [2.45, 2.75) is 36.5 Å². The number of hydrogen-bond donors (Lipinski definition) is 1. The lowest BCUT2D eigenvalue weighted by Crippen LogP contribution is -2.13. The second-order valence-electron chi connectivity index (χ2n) is 10.1. The molecule has 1 aromatic heterocycles. The molecule has 1 aliphatic rings. The number of Topliss-reactive ketones (excluding diaryl/α,β-unsaturated/α-hetero) is 1. The fraction of sp³-hybridized carbons (Fsp3) is 0.188. The summed E-state index contributed by atoms with van der Waals surface area (Å²) in [7, 11) is -3.47. The molecule has 1 N–H and O–H groups in total. The second-order valence-corrected chi connectivity index (χ2v) is 12.1. The van der Waals surface area contributed by atoms with Crippen molar-refractivity contribution in [3.8, 4) is 16.9 Å². The minimum absolute atomic E-state index is 0.0411. The largest absolute Gasteiger partial charge is 0.508 e. The van der Waals surface area contributed by atoms with Crippen LogP contribution in [0.5, 0.6) is 5.75 Å². The first-order chi connectivity index (χ1) is 19.1. The Balaban J connectivity index is 1.51. The van der Waals surface area contributed by atoms with Gasteiger partial charge in [0.25, 0.3) is 0 Å². The summed E-state index contributed by atoms with van der Waals surface area (Å²) in [5.74, 6) is -1.94. The predicted octanol–water partition coefficient (Wildman–Crippen LogP) is 6.45. The Kier molecular flexibility index (Phi) is 7.63. The number of halogens is 2. The number of nitrogens with zero attached hydrogens (tertiary/aromatic N) is 1. The van der Waals surface area contributed by atoms with Gasteiger partial charge in [0.1, 0.15) is 23.2 Å². The normalized spacial score (nSPS) is 13.5. The Bertz CT molecular complexity index is 1730. The van der Waals surface area contributed by atoms with Gasteiger partial charge in [-0.2, -0.15) is 0 Å². The lowest BCUT2D eigenvalue weighted by molar-refractivity contribution is -0.118. The van der Waals surface area contributed by atoms with Crippen LogP contribution in [0.25, 0.3) is 16.7 Å². The zero-order valence-electron chi connectivity index (χ0n) is 21.8. The molecule has 3 aromatic carbocycles. The van der Waals surface area contributed by atoms with Crippen LogP contribution < -0.4 is 0 Å². The number of aromatic nitrogens is 1. The summed E-state index contributed by atoms with van der Waals surface area (Å²) in [5.41, 5.74) is 4.86. The maximum Gasteiger partial charge on any atom is 0.175 e. The molecule has 4 aromatic rings. The Labute approximate surface area is 231 Å². The molecular formula is C32H27F2NO4S. The molecule has 0 fully saturated rings. The third-order valence-electron chi connectivity index (χ3n) is 7.07. The Hall–Kier alpha value is -4.17. The molecule has 8 heteroatoms. The van der Waals surface area contributed by atoms with E-state index >= 15 is 0 Å². The van der Waals surface area contributed by atoms with Gasteiger partial charge in [0, 0.05) is 42.8 Å². The van der Waals surface area contributed by atoms with Gasteiger partial charge in [0.15, 0.2) is 9.84 Å². The van der Waals surface area contributed by atoms with Gasteiger partial charge in [-0.15, -0.1) is 0 Å². The summed E-state index contributed by atoms with van der Waals surface area (Å²) in [6.45, 7) is 0. The minimum Gasteiger partial charge on any atom is -0.508 e. The van der Waals surface area contributed by atoms with Crippen molar-refractivity contribution in [3.63, 3.8) is 0 Å². The quantitative estimate of drug-likeness (QED) is 0.255.